The lowest BCUT2D eigenvalue weighted by atomic mass is 10.0. The third-order valence-electron chi connectivity index (χ3n) is 4.15. The molecule has 0 bridgehead atoms. The van der Waals surface area contributed by atoms with E-state index in [9.17, 15) is 9.59 Å². The molecule has 0 amide bonds. The molecule has 3 rings (SSSR count). The number of ether oxygens (including phenoxy) is 1. The standard InChI is InChI=1S/C20H21N3O4S/c1-4-23-19(17-6-5-9-26-17)21-22-20(23)28-12-18(25)27-11-16(24)15-10-13(2)7-8-14(15)3/h5-10H,4,11-12H2,1-3H3. The molecule has 0 atom stereocenters. The van der Waals surface area contributed by atoms with Gasteiger partial charge in [0.2, 0.25) is 5.78 Å². The van der Waals surface area contributed by atoms with Gasteiger partial charge in [0.1, 0.15) is 0 Å². The molecule has 2 aromatic heterocycles. The van der Waals surface area contributed by atoms with Crippen molar-refractivity contribution in [2.45, 2.75) is 32.5 Å². The molecule has 0 spiro atoms. The molecule has 0 radical (unpaired) electrons. The Morgan fingerprint density at radius 3 is 2.75 bits per heavy atom. The van der Waals surface area contributed by atoms with Gasteiger partial charge in [-0.1, -0.05) is 29.5 Å². The van der Waals surface area contributed by atoms with Crippen LogP contribution in [0.25, 0.3) is 11.6 Å². The third-order valence-corrected chi connectivity index (χ3v) is 5.09. The van der Waals surface area contributed by atoms with Crippen molar-refractivity contribution >= 4 is 23.5 Å². The maximum absolute atomic E-state index is 12.3. The first-order chi connectivity index (χ1) is 13.5. The maximum atomic E-state index is 12.3. The summed E-state index contributed by atoms with van der Waals surface area (Å²) in [5.41, 5.74) is 2.43. The summed E-state index contributed by atoms with van der Waals surface area (Å²) in [5, 5.41) is 8.84. The van der Waals surface area contributed by atoms with Gasteiger partial charge in [0.05, 0.1) is 12.0 Å². The summed E-state index contributed by atoms with van der Waals surface area (Å²) in [6, 6.07) is 9.21. The normalized spacial score (nSPS) is 10.8. The Hall–Kier alpha value is -2.87. The van der Waals surface area contributed by atoms with Crippen LogP contribution in [-0.4, -0.2) is 38.9 Å². The summed E-state index contributed by atoms with van der Waals surface area (Å²) < 4.78 is 12.4. The average molecular weight is 399 g/mol. The van der Waals surface area contributed by atoms with E-state index in [2.05, 4.69) is 10.2 Å². The predicted octanol–water partition coefficient (Wildman–Crippen LogP) is 3.69. The summed E-state index contributed by atoms with van der Waals surface area (Å²) >= 11 is 1.21. The van der Waals surface area contributed by atoms with E-state index in [1.54, 1.807) is 24.5 Å². The number of carbonyl (C=O) groups is 2. The van der Waals surface area contributed by atoms with Crippen LogP contribution in [0.4, 0.5) is 0 Å². The van der Waals surface area contributed by atoms with Crippen LogP contribution in [0.5, 0.6) is 0 Å². The molecule has 1 aromatic carbocycles. The topological polar surface area (TPSA) is 87.2 Å². The zero-order valence-electron chi connectivity index (χ0n) is 16.0. The lowest BCUT2D eigenvalue weighted by Crippen LogP contribution is -2.16. The second kappa shape index (κ2) is 8.88. The fourth-order valence-electron chi connectivity index (χ4n) is 2.69. The minimum Gasteiger partial charge on any atom is -0.461 e. The van der Waals surface area contributed by atoms with Gasteiger partial charge in [-0.25, -0.2) is 0 Å². The van der Waals surface area contributed by atoms with Gasteiger partial charge >= 0.3 is 5.97 Å². The van der Waals surface area contributed by atoms with E-state index in [-0.39, 0.29) is 18.1 Å². The molecule has 0 aliphatic rings. The number of carbonyl (C=O) groups excluding carboxylic acids is 2. The second-order valence-corrected chi connectivity index (χ2v) is 7.16. The largest absolute Gasteiger partial charge is 0.461 e. The molecule has 0 aliphatic heterocycles. The number of esters is 1. The number of furan rings is 1. The quantitative estimate of drug-likeness (QED) is 0.324. The molecular weight excluding hydrogens is 378 g/mol. The van der Waals surface area contributed by atoms with Gasteiger partial charge in [0, 0.05) is 12.1 Å². The fraction of sp³-hybridized carbons (Fsp3) is 0.300. The Balaban J connectivity index is 1.56. The molecule has 0 fully saturated rings. The Kier molecular flexibility index (Phi) is 6.30. The highest BCUT2D eigenvalue weighted by molar-refractivity contribution is 7.99. The maximum Gasteiger partial charge on any atom is 0.316 e. The van der Waals surface area contributed by atoms with Crippen LogP contribution in [0.1, 0.15) is 28.4 Å². The van der Waals surface area contributed by atoms with E-state index < -0.39 is 5.97 Å². The number of thioether (sulfide) groups is 1. The van der Waals surface area contributed by atoms with Gasteiger partial charge in [0.25, 0.3) is 0 Å². The van der Waals surface area contributed by atoms with Crippen LogP contribution in [0.15, 0.2) is 46.2 Å². The SMILES string of the molecule is CCn1c(SCC(=O)OCC(=O)c2cc(C)ccc2C)nnc1-c1ccco1. The van der Waals surface area contributed by atoms with Gasteiger partial charge in [-0.15, -0.1) is 10.2 Å². The van der Waals surface area contributed by atoms with Crippen molar-refractivity contribution in [3.63, 3.8) is 0 Å². The van der Waals surface area contributed by atoms with Crippen molar-refractivity contribution in [1.82, 2.24) is 14.8 Å². The van der Waals surface area contributed by atoms with Crippen LogP contribution in [0.3, 0.4) is 0 Å². The molecule has 3 aromatic rings. The highest BCUT2D eigenvalue weighted by Gasteiger charge is 2.17. The number of hydrogen-bond donors (Lipinski definition) is 0. The Morgan fingerprint density at radius 2 is 2.04 bits per heavy atom. The number of Topliss-reactive ketones (excluding diaryl/α,β-unsaturated/α-hetero) is 1. The second-order valence-electron chi connectivity index (χ2n) is 6.22. The van der Waals surface area contributed by atoms with E-state index in [1.807, 2.05) is 37.5 Å². The molecule has 0 saturated carbocycles. The Bertz CT molecular complexity index is 980. The minimum absolute atomic E-state index is 0.0381. The fourth-order valence-corrected chi connectivity index (χ4v) is 3.49. The highest BCUT2D eigenvalue weighted by Crippen LogP contribution is 2.24. The van der Waals surface area contributed by atoms with E-state index in [0.29, 0.717) is 28.8 Å². The third kappa shape index (κ3) is 4.51. The predicted molar refractivity (Wildman–Crippen MR) is 105 cm³/mol. The van der Waals surface area contributed by atoms with Gasteiger partial charge in [-0.05, 0) is 44.5 Å². The number of rotatable bonds is 8. The van der Waals surface area contributed by atoms with Crippen LogP contribution in [-0.2, 0) is 16.1 Å². The molecule has 2 heterocycles. The lowest BCUT2D eigenvalue weighted by molar-refractivity contribution is -0.139. The van der Waals surface area contributed by atoms with Gasteiger partial charge in [-0.2, -0.15) is 0 Å². The van der Waals surface area contributed by atoms with E-state index >= 15 is 0 Å². The molecule has 0 saturated heterocycles. The van der Waals surface area contributed by atoms with Crippen LogP contribution in [0.2, 0.25) is 0 Å². The number of aryl methyl sites for hydroxylation is 2. The first kappa shape index (κ1) is 19.9. The molecule has 8 heteroatoms. The molecule has 0 unspecified atom stereocenters. The van der Waals surface area contributed by atoms with Crippen LogP contribution >= 0.6 is 11.8 Å². The molecule has 0 aliphatic carbocycles. The highest BCUT2D eigenvalue weighted by atomic mass is 32.2. The van der Waals surface area contributed by atoms with Gasteiger partial charge in [0.15, 0.2) is 23.3 Å². The number of aromatic nitrogens is 3. The van der Waals surface area contributed by atoms with Crippen molar-refractivity contribution in [3.05, 3.63) is 53.3 Å². The Labute approximate surface area is 167 Å². The van der Waals surface area contributed by atoms with Gasteiger partial charge < -0.3 is 9.15 Å². The van der Waals surface area contributed by atoms with E-state index in [4.69, 9.17) is 9.15 Å². The van der Waals surface area contributed by atoms with Crippen molar-refractivity contribution < 1.29 is 18.7 Å². The molecule has 28 heavy (non-hydrogen) atoms. The van der Waals surface area contributed by atoms with Crippen molar-refractivity contribution in [2.75, 3.05) is 12.4 Å². The number of nitrogens with zero attached hydrogens (tertiary/aromatic N) is 3. The monoisotopic (exact) mass is 399 g/mol. The molecule has 0 N–H and O–H groups in total. The smallest absolute Gasteiger partial charge is 0.316 e. The molecule has 146 valence electrons. The zero-order chi connectivity index (χ0) is 20.1. The number of ketones is 1. The van der Waals surface area contributed by atoms with E-state index in [1.165, 1.54) is 11.8 Å². The van der Waals surface area contributed by atoms with Crippen LogP contribution in [0, 0.1) is 13.8 Å². The summed E-state index contributed by atoms with van der Waals surface area (Å²) in [5.74, 6) is 0.567. The van der Waals surface area contributed by atoms with E-state index in [0.717, 1.165) is 11.1 Å². The van der Waals surface area contributed by atoms with Crippen molar-refractivity contribution in [2.24, 2.45) is 0 Å². The average Bonchev–Trinajstić information content (AvgIpc) is 3.35. The summed E-state index contributed by atoms with van der Waals surface area (Å²) in [7, 11) is 0. The molecular formula is C20H21N3O4S. The summed E-state index contributed by atoms with van der Waals surface area (Å²) in [6.07, 6.45) is 1.57. The van der Waals surface area contributed by atoms with Crippen LogP contribution < -0.4 is 0 Å². The first-order valence-electron chi connectivity index (χ1n) is 8.85. The summed E-state index contributed by atoms with van der Waals surface area (Å²) in [6.45, 7) is 6.09. The number of benzene rings is 1. The number of hydrogen-bond acceptors (Lipinski definition) is 7. The van der Waals surface area contributed by atoms with Crippen molar-refractivity contribution in [3.8, 4) is 11.6 Å². The van der Waals surface area contributed by atoms with Gasteiger partial charge in [-0.3, -0.25) is 14.2 Å². The van der Waals surface area contributed by atoms with Crippen molar-refractivity contribution in [1.29, 1.82) is 0 Å². The zero-order valence-corrected chi connectivity index (χ0v) is 16.8. The lowest BCUT2D eigenvalue weighted by Gasteiger charge is -2.08. The Morgan fingerprint density at radius 1 is 1.21 bits per heavy atom. The first-order valence-corrected chi connectivity index (χ1v) is 9.84. The minimum atomic E-state index is -0.478. The summed E-state index contributed by atoms with van der Waals surface area (Å²) in [4.78, 5) is 24.4. The molecule has 7 nitrogen and oxygen atoms in total.